The van der Waals surface area contributed by atoms with E-state index in [1.54, 1.807) is 0 Å². The summed E-state index contributed by atoms with van der Waals surface area (Å²) in [5.41, 5.74) is 20.6. The van der Waals surface area contributed by atoms with E-state index in [0.717, 1.165) is 61.0 Å². The summed E-state index contributed by atoms with van der Waals surface area (Å²) in [5, 5.41) is 0. The predicted octanol–water partition coefficient (Wildman–Crippen LogP) is 27.3. The second-order valence-corrected chi connectivity index (χ2v) is 24.1. The molecule has 1 aliphatic heterocycles. The van der Waals surface area contributed by atoms with Crippen LogP contribution >= 0.6 is 0 Å². The van der Waals surface area contributed by atoms with Crippen LogP contribution in [0.3, 0.4) is 0 Å². The van der Waals surface area contributed by atoms with Crippen molar-refractivity contribution >= 4 is 11.4 Å². The van der Waals surface area contributed by atoms with Gasteiger partial charge in [0.2, 0.25) is 11.4 Å². The summed E-state index contributed by atoms with van der Waals surface area (Å²) in [6, 6.07) is 17.1. The smallest absolute Gasteiger partial charge is 0.493 e. The second-order valence-electron chi connectivity index (χ2n) is 24.1. The van der Waals surface area contributed by atoms with Gasteiger partial charge in [-0.15, -0.1) is 0 Å². The summed E-state index contributed by atoms with van der Waals surface area (Å²) >= 11 is 0. The van der Waals surface area contributed by atoms with Gasteiger partial charge in [-0.3, -0.25) is 0 Å². The van der Waals surface area contributed by atoms with Crippen molar-refractivity contribution in [3.8, 4) is 0 Å². The first-order valence-electron chi connectivity index (χ1n) is 34.8. The zero-order valence-corrected chi connectivity index (χ0v) is 54.7. The molecule has 0 atom stereocenters. The monoisotopic (exact) mass is 1130 g/mol. The molecule has 0 saturated heterocycles. The standard InChI is InChI=1S/C42H62N2.2C17H35.Ni/c1-5-7-9-10-11-12-13-14-15-16-17-18-19-20-21-22-23-24-32-40-39(31-8-6-2)41(37-29-25-27-35(3)33-37)44(43)42(40)38-30-26-28-36(4)34-38;2*1-3-5-7-9-11-13-15-17-16-14-12-10-8-6-4-2;/h24-30,32-34H,5-23,31H2,1-4H3;2*1,3-17H2,2H3;/q;2*-1;+2. The number of allylic oxidation sites excluding steroid dienone is 4. The van der Waals surface area contributed by atoms with Crippen molar-refractivity contribution in [3.63, 3.8) is 0 Å². The fourth-order valence-corrected chi connectivity index (χ4v) is 11.3. The number of nitrogens with zero attached hydrogens (tertiary/aromatic N) is 2. The van der Waals surface area contributed by atoms with Gasteiger partial charge in [0.05, 0.1) is 5.57 Å². The van der Waals surface area contributed by atoms with Gasteiger partial charge in [0.25, 0.3) is 0 Å². The van der Waals surface area contributed by atoms with Crippen LogP contribution in [0.15, 0.2) is 71.8 Å². The molecule has 0 fully saturated rings. The fraction of sp³-hybridized carbons (Fsp3) is 0.737. The van der Waals surface area contributed by atoms with Gasteiger partial charge in [0.1, 0.15) is 0 Å². The molecule has 0 N–H and O–H groups in total. The maximum absolute atomic E-state index is 11.7. The number of aryl methyl sites for hydroxylation is 2. The summed E-state index contributed by atoms with van der Waals surface area (Å²) < 4.78 is 1.48. The summed E-state index contributed by atoms with van der Waals surface area (Å²) in [6.45, 7) is 21.1. The molecule has 0 bridgehead atoms. The molecule has 3 rings (SSSR count). The Morgan fingerprint density at radius 1 is 0.367 bits per heavy atom. The van der Waals surface area contributed by atoms with Crippen LogP contribution in [0.25, 0.3) is 16.9 Å². The van der Waals surface area contributed by atoms with Crippen molar-refractivity contribution in [1.29, 1.82) is 0 Å². The first-order valence-corrected chi connectivity index (χ1v) is 34.8. The Morgan fingerprint density at radius 3 is 0.937 bits per heavy atom. The van der Waals surface area contributed by atoms with E-state index in [1.165, 1.54) is 309 Å². The molecule has 2 nitrogen and oxygen atoms in total. The van der Waals surface area contributed by atoms with Crippen molar-refractivity contribution in [1.82, 2.24) is 0 Å². The molecule has 0 amide bonds. The molecule has 3 heteroatoms. The van der Waals surface area contributed by atoms with Gasteiger partial charge in [-0.1, -0.05) is 358 Å². The van der Waals surface area contributed by atoms with Crippen LogP contribution in [-0.4, -0.2) is 4.70 Å². The topological polar surface area (TPSA) is 25.3 Å². The van der Waals surface area contributed by atoms with Crippen LogP contribution in [0.4, 0.5) is 0 Å². The van der Waals surface area contributed by atoms with E-state index in [4.69, 9.17) is 0 Å². The molecule has 0 spiro atoms. The molecule has 2 aromatic rings. The third-order valence-corrected chi connectivity index (χ3v) is 16.4. The molecule has 1 heterocycles. The normalized spacial score (nSPS) is 12.3. The van der Waals surface area contributed by atoms with E-state index in [9.17, 15) is 5.53 Å². The van der Waals surface area contributed by atoms with Gasteiger partial charge in [0.15, 0.2) is 0 Å². The number of benzene rings is 2. The summed E-state index contributed by atoms with van der Waals surface area (Å²) in [4.78, 5) is 0. The minimum Gasteiger partial charge on any atom is -0.493 e. The minimum atomic E-state index is 0. The minimum absolute atomic E-state index is 0. The number of unbranched alkanes of at least 4 members (excludes halogenated alkanes) is 45. The predicted molar refractivity (Wildman–Crippen MR) is 353 cm³/mol. The van der Waals surface area contributed by atoms with Crippen molar-refractivity contribution in [2.24, 2.45) is 0 Å². The van der Waals surface area contributed by atoms with E-state index in [1.807, 2.05) is 0 Å². The Hall–Kier alpha value is -2.25. The quantitative estimate of drug-likeness (QED) is 0.0273. The van der Waals surface area contributed by atoms with Gasteiger partial charge in [-0.2, -0.15) is 12.8 Å². The van der Waals surface area contributed by atoms with Gasteiger partial charge in [-0.05, 0) is 63.8 Å². The van der Waals surface area contributed by atoms with Crippen LogP contribution in [0.5, 0.6) is 0 Å². The molecule has 0 aromatic heterocycles. The number of hydrogen-bond acceptors (Lipinski definition) is 0. The van der Waals surface area contributed by atoms with Crippen LogP contribution in [0.1, 0.15) is 371 Å². The van der Waals surface area contributed by atoms with Crippen molar-refractivity contribution in [3.05, 3.63) is 113 Å². The molecule has 0 aliphatic carbocycles. The Kier molecular flexibility index (Phi) is 57.3. The molecule has 79 heavy (non-hydrogen) atoms. The average molecular weight is 1130 g/mol. The maximum atomic E-state index is 11.7. The molecule has 2 aromatic carbocycles. The van der Waals surface area contributed by atoms with Crippen LogP contribution in [0.2, 0.25) is 0 Å². The molecule has 456 valence electrons. The molecular weight excluding hydrogens is 1000 g/mol. The Morgan fingerprint density at radius 2 is 0.646 bits per heavy atom. The average Bonchev–Trinajstić information content (AvgIpc) is 3.87. The third-order valence-electron chi connectivity index (χ3n) is 16.4. The Bertz CT molecular complexity index is 1670. The van der Waals surface area contributed by atoms with Gasteiger partial charge < -0.3 is 19.4 Å². The molecule has 0 saturated carbocycles. The van der Waals surface area contributed by atoms with E-state index in [-0.39, 0.29) is 16.5 Å². The largest absolute Gasteiger partial charge is 2.00 e. The van der Waals surface area contributed by atoms with E-state index in [2.05, 4.69) is 116 Å². The summed E-state index contributed by atoms with van der Waals surface area (Å²) in [7, 11) is 0. The van der Waals surface area contributed by atoms with Gasteiger partial charge in [0, 0.05) is 16.7 Å². The molecule has 1 aliphatic rings. The summed E-state index contributed by atoms with van der Waals surface area (Å²) in [5.74, 6) is 0. The van der Waals surface area contributed by atoms with Crippen molar-refractivity contribution < 1.29 is 21.2 Å². The van der Waals surface area contributed by atoms with Gasteiger partial charge >= 0.3 is 16.5 Å². The first kappa shape index (κ1) is 76.8. The summed E-state index contributed by atoms with van der Waals surface area (Å²) in [6.07, 6.45) is 74.0. The van der Waals surface area contributed by atoms with E-state index >= 15 is 0 Å². The molecule has 0 radical (unpaired) electrons. The first-order chi connectivity index (χ1) is 38.4. The maximum Gasteiger partial charge on any atom is 2.00 e. The number of hydrogen-bond donors (Lipinski definition) is 0. The Balaban J connectivity index is 0.00000143. The van der Waals surface area contributed by atoms with Gasteiger partial charge in [-0.25, -0.2) is 4.70 Å². The van der Waals surface area contributed by atoms with Crippen molar-refractivity contribution in [2.75, 3.05) is 0 Å². The third kappa shape index (κ3) is 43.1. The second kappa shape index (κ2) is 58.9. The Labute approximate surface area is 505 Å². The van der Waals surface area contributed by atoms with Crippen LogP contribution in [-0.2, 0) is 16.5 Å². The van der Waals surface area contributed by atoms with Crippen molar-refractivity contribution in [2.45, 2.75) is 363 Å². The van der Waals surface area contributed by atoms with Crippen LogP contribution in [0, 0.1) is 27.7 Å². The zero-order valence-electron chi connectivity index (χ0n) is 53.8. The fourth-order valence-electron chi connectivity index (χ4n) is 11.3. The SMILES string of the molecule is CCCCCCCCCCCCCCCCCCC=CC1=C(c2cccc(C)c2)[N+](=[N-])C(c2cccc(C)c2)=C1CCCC.[CH2-]CCCCCCCCCCCCCCCC.[CH2-]CCCCCCCCCCCCCCCC.[Ni+2]. The van der Waals surface area contributed by atoms with E-state index in [0.29, 0.717) is 0 Å². The molecular formula is C76H132N2Ni. The molecule has 0 unspecified atom stereocenters. The van der Waals surface area contributed by atoms with Crippen LogP contribution < -0.4 is 0 Å². The zero-order chi connectivity index (χ0) is 56.6. The van der Waals surface area contributed by atoms with E-state index < -0.39 is 0 Å². The number of rotatable bonds is 51.